The van der Waals surface area contributed by atoms with Crippen LogP contribution in [0.2, 0.25) is 0 Å². The van der Waals surface area contributed by atoms with Gasteiger partial charge in [0.05, 0.1) is 17.7 Å². The van der Waals surface area contributed by atoms with Crippen molar-refractivity contribution in [3.8, 4) is 11.6 Å². The maximum Gasteiger partial charge on any atom is 0.234 e. The molecule has 3 rings (SSSR count). The lowest BCUT2D eigenvalue weighted by Gasteiger charge is -2.06. The highest BCUT2D eigenvalue weighted by Crippen LogP contribution is 2.22. The molecule has 1 amide bonds. The number of furan rings is 1. The Morgan fingerprint density at radius 2 is 2.13 bits per heavy atom. The number of nitrogens with one attached hydrogen (secondary N) is 1. The van der Waals surface area contributed by atoms with Crippen molar-refractivity contribution in [3.05, 3.63) is 46.2 Å². The molecule has 0 fully saturated rings. The number of carbonyl (C=O) groups is 1. The third-order valence-electron chi connectivity index (χ3n) is 2.89. The Morgan fingerprint density at radius 1 is 1.30 bits per heavy atom. The Balaban J connectivity index is 1.63. The molecule has 23 heavy (non-hydrogen) atoms. The van der Waals surface area contributed by atoms with Gasteiger partial charge in [-0.3, -0.25) is 4.79 Å². The van der Waals surface area contributed by atoms with Crippen molar-refractivity contribution in [3.63, 3.8) is 0 Å². The number of rotatable bonds is 5. The first-order valence-corrected chi connectivity index (χ1v) is 8.63. The van der Waals surface area contributed by atoms with E-state index in [1.807, 2.05) is 24.3 Å². The topological polar surface area (TPSA) is 99.0 Å². The molecule has 0 saturated heterocycles. The Morgan fingerprint density at radius 3 is 2.87 bits per heavy atom. The average molecular weight is 441 g/mol. The van der Waals surface area contributed by atoms with E-state index in [4.69, 9.17) is 10.3 Å². The number of para-hydroxylation sites is 1. The summed E-state index contributed by atoms with van der Waals surface area (Å²) < 4.78 is 7.52. The highest BCUT2D eigenvalue weighted by Gasteiger charge is 2.15. The van der Waals surface area contributed by atoms with Gasteiger partial charge in [-0.1, -0.05) is 23.9 Å². The zero-order valence-corrected chi connectivity index (χ0v) is 14.7. The van der Waals surface area contributed by atoms with Crippen molar-refractivity contribution in [2.75, 3.05) is 16.9 Å². The van der Waals surface area contributed by atoms with E-state index >= 15 is 0 Å². The molecule has 0 bridgehead atoms. The zero-order chi connectivity index (χ0) is 16.2. The van der Waals surface area contributed by atoms with Crippen LogP contribution in [0.15, 0.2) is 52.2 Å². The smallest absolute Gasteiger partial charge is 0.234 e. The Hall–Kier alpha value is -2.01. The van der Waals surface area contributed by atoms with E-state index in [9.17, 15) is 4.79 Å². The fourth-order valence-corrected chi connectivity index (χ4v) is 3.01. The summed E-state index contributed by atoms with van der Waals surface area (Å²) in [6, 6.07) is 11.0. The van der Waals surface area contributed by atoms with Crippen LogP contribution >= 0.6 is 34.4 Å². The number of hydrogen-bond donors (Lipinski definition) is 2. The fourth-order valence-electron chi connectivity index (χ4n) is 1.83. The van der Waals surface area contributed by atoms with Crippen molar-refractivity contribution in [1.29, 1.82) is 0 Å². The van der Waals surface area contributed by atoms with Crippen molar-refractivity contribution < 1.29 is 9.21 Å². The molecule has 0 aliphatic carbocycles. The lowest BCUT2D eigenvalue weighted by molar-refractivity contribution is -0.113. The Kier molecular flexibility index (Phi) is 4.86. The van der Waals surface area contributed by atoms with Gasteiger partial charge in [0.1, 0.15) is 0 Å². The van der Waals surface area contributed by atoms with E-state index < -0.39 is 0 Å². The van der Waals surface area contributed by atoms with Crippen LogP contribution in [0.1, 0.15) is 0 Å². The van der Waals surface area contributed by atoms with Crippen molar-refractivity contribution >= 4 is 45.9 Å². The average Bonchev–Trinajstić information content (AvgIpc) is 3.17. The fraction of sp³-hybridized carbons (Fsp3) is 0.0714. The Bertz CT molecular complexity index is 818. The normalized spacial score (nSPS) is 10.7. The molecule has 2 aromatic heterocycles. The molecule has 0 radical (unpaired) electrons. The number of aromatic nitrogens is 3. The van der Waals surface area contributed by atoms with Crippen LogP contribution in [0.3, 0.4) is 0 Å². The Labute approximate surface area is 149 Å². The van der Waals surface area contributed by atoms with Gasteiger partial charge in [0, 0.05) is 3.57 Å². The second kappa shape index (κ2) is 7.04. The monoisotopic (exact) mass is 441 g/mol. The highest BCUT2D eigenvalue weighted by molar-refractivity contribution is 14.1. The van der Waals surface area contributed by atoms with Gasteiger partial charge in [-0.25, -0.2) is 4.68 Å². The number of amides is 1. The summed E-state index contributed by atoms with van der Waals surface area (Å²) in [5.74, 6) is 6.91. The molecule has 0 saturated carbocycles. The largest absolute Gasteiger partial charge is 0.461 e. The number of nitrogens with zero attached hydrogens (tertiary/aromatic N) is 3. The lowest BCUT2D eigenvalue weighted by Crippen LogP contribution is -2.16. The maximum absolute atomic E-state index is 12.0. The van der Waals surface area contributed by atoms with E-state index in [2.05, 4.69) is 38.1 Å². The maximum atomic E-state index is 12.0. The van der Waals surface area contributed by atoms with Crippen molar-refractivity contribution in [1.82, 2.24) is 14.9 Å². The summed E-state index contributed by atoms with van der Waals surface area (Å²) in [4.78, 5) is 12.0. The van der Waals surface area contributed by atoms with E-state index in [0.717, 1.165) is 9.26 Å². The first-order valence-electron chi connectivity index (χ1n) is 6.56. The number of nitrogens with two attached hydrogens (primary N) is 1. The van der Waals surface area contributed by atoms with Gasteiger partial charge >= 0.3 is 0 Å². The summed E-state index contributed by atoms with van der Waals surface area (Å²) in [5.41, 5.74) is 0.782. The van der Waals surface area contributed by atoms with E-state index in [1.165, 1.54) is 22.7 Å². The minimum atomic E-state index is -0.137. The van der Waals surface area contributed by atoms with Crippen LogP contribution in [0.5, 0.6) is 0 Å². The zero-order valence-electron chi connectivity index (χ0n) is 11.8. The standard InChI is InChI=1S/C14H12IN5O2S/c15-9-4-1-2-5-10(9)17-12(21)8-23-14-19-18-13(20(14)16)11-6-3-7-22-11/h1-7H,8,16H2,(H,17,21). The first kappa shape index (κ1) is 15.9. The summed E-state index contributed by atoms with van der Waals surface area (Å²) >= 11 is 3.38. The lowest BCUT2D eigenvalue weighted by atomic mass is 10.3. The molecule has 0 spiro atoms. The molecule has 2 heterocycles. The molecule has 0 aliphatic heterocycles. The minimum Gasteiger partial charge on any atom is -0.461 e. The van der Waals surface area contributed by atoms with Gasteiger partial charge in [0.2, 0.25) is 16.9 Å². The predicted octanol–water partition coefficient (Wildman–Crippen LogP) is 2.59. The second-order valence-electron chi connectivity index (χ2n) is 4.47. The first-order chi connectivity index (χ1) is 11.1. The van der Waals surface area contributed by atoms with E-state index in [0.29, 0.717) is 16.7 Å². The molecule has 3 N–H and O–H groups in total. The number of nitrogen functional groups attached to an aromatic ring is 1. The SMILES string of the molecule is Nn1c(SCC(=O)Nc2ccccc2I)nnc1-c1ccco1. The van der Waals surface area contributed by atoms with E-state index in [1.54, 1.807) is 12.1 Å². The third kappa shape index (κ3) is 3.67. The van der Waals surface area contributed by atoms with Crippen molar-refractivity contribution in [2.45, 2.75) is 5.16 Å². The molecule has 1 aromatic carbocycles. The van der Waals surface area contributed by atoms with Gasteiger partial charge in [0.15, 0.2) is 5.76 Å². The molecule has 9 heteroatoms. The summed E-state index contributed by atoms with van der Waals surface area (Å²) in [6.45, 7) is 0. The number of thioether (sulfide) groups is 1. The van der Waals surface area contributed by atoms with Gasteiger partial charge in [-0.15, -0.1) is 10.2 Å². The summed E-state index contributed by atoms with van der Waals surface area (Å²) in [6.07, 6.45) is 1.53. The van der Waals surface area contributed by atoms with Crippen LogP contribution in [0.25, 0.3) is 11.6 Å². The summed E-state index contributed by atoms with van der Waals surface area (Å²) in [5, 5.41) is 11.2. The molecule has 3 aromatic rings. The van der Waals surface area contributed by atoms with Crippen LogP contribution in [0, 0.1) is 3.57 Å². The highest BCUT2D eigenvalue weighted by atomic mass is 127. The van der Waals surface area contributed by atoms with Gasteiger partial charge in [-0.2, -0.15) is 0 Å². The van der Waals surface area contributed by atoms with Crippen LogP contribution in [0.4, 0.5) is 5.69 Å². The molecule has 7 nitrogen and oxygen atoms in total. The molecule has 0 unspecified atom stereocenters. The predicted molar refractivity (Wildman–Crippen MR) is 96.4 cm³/mol. The number of anilines is 1. The molecular weight excluding hydrogens is 429 g/mol. The van der Waals surface area contributed by atoms with Crippen molar-refractivity contribution in [2.24, 2.45) is 0 Å². The van der Waals surface area contributed by atoms with Crippen LogP contribution in [-0.2, 0) is 4.79 Å². The number of halogens is 1. The second-order valence-corrected chi connectivity index (χ2v) is 6.57. The minimum absolute atomic E-state index is 0.137. The summed E-state index contributed by atoms with van der Waals surface area (Å²) in [7, 11) is 0. The van der Waals surface area contributed by atoms with E-state index in [-0.39, 0.29) is 11.7 Å². The van der Waals surface area contributed by atoms with Gasteiger partial charge in [-0.05, 0) is 46.9 Å². The molecule has 118 valence electrons. The van der Waals surface area contributed by atoms with Crippen LogP contribution in [-0.4, -0.2) is 26.5 Å². The van der Waals surface area contributed by atoms with Gasteiger partial charge < -0.3 is 15.6 Å². The molecule has 0 atom stereocenters. The van der Waals surface area contributed by atoms with Crippen LogP contribution < -0.4 is 11.2 Å². The number of carbonyl (C=O) groups excluding carboxylic acids is 1. The molecule has 0 aliphatic rings. The number of hydrogen-bond acceptors (Lipinski definition) is 6. The quantitative estimate of drug-likeness (QED) is 0.359. The van der Waals surface area contributed by atoms with Gasteiger partial charge in [0.25, 0.3) is 0 Å². The number of benzene rings is 1. The third-order valence-corrected chi connectivity index (χ3v) is 4.77. The molecular formula is C14H12IN5O2S.